The Kier molecular flexibility index (Phi) is 10.7. The Labute approximate surface area is 346 Å². The van der Waals surface area contributed by atoms with Gasteiger partial charge in [0.25, 0.3) is 0 Å². The zero-order chi connectivity index (χ0) is 40.6. The summed E-state index contributed by atoms with van der Waals surface area (Å²) in [7, 11) is 0. The van der Waals surface area contributed by atoms with Crippen LogP contribution in [0.4, 0.5) is 0 Å². The van der Waals surface area contributed by atoms with Crippen LogP contribution in [0.15, 0.2) is 158 Å². The van der Waals surface area contributed by atoms with Crippen LogP contribution >= 0.6 is 0 Å². The number of allylic oxidation sites excluding steroid dienone is 5. The summed E-state index contributed by atoms with van der Waals surface area (Å²) in [6.07, 6.45) is 16.9. The topological polar surface area (TPSA) is 4.93 Å². The molecule has 1 heterocycles. The lowest BCUT2D eigenvalue weighted by atomic mass is 9.81. The van der Waals surface area contributed by atoms with Gasteiger partial charge in [-0.05, 0) is 146 Å². The second kappa shape index (κ2) is 16.0. The minimum atomic E-state index is -0.0631. The molecule has 0 N–H and O–H groups in total. The van der Waals surface area contributed by atoms with Gasteiger partial charge >= 0.3 is 0 Å². The Bertz CT molecular complexity index is 2770. The van der Waals surface area contributed by atoms with Gasteiger partial charge in [-0.2, -0.15) is 0 Å². The molecule has 2 aliphatic carbocycles. The second-order valence-electron chi connectivity index (χ2n) is 16.3. The van der Waals surface area contributed by atoms with E-state index in [1.165, 1.54) is 100 Å². The monoisotopic (exact) mass is 753 g/mol. The normalized spacial score (nSPS) is 13.8. The summed E-state index contributed by atoms with van der Waals surface area (Å²) < 4.78 is 2.38. The molecule has 0 aliphatic heterocycles. The van der Waals surface area contributed by atoms with E-state index in [0.717, 1.165) is 12.8 Å². The largest absolute Gasteiger partial charge is 0.316 e. The Hall–Kier alpha value is -6.18. The van der Waals surface area contributed by atoms with Gasteiger partial charge in [-0.3, -0.25) is 0 Å². The Morgan fingerprint density at radius 3 is 2.00 bits per heavy atom. The van der Waals surface area contributed by atoms with Crippen molar-refractivity contribution < 1.29 is 0 Å². The Morgan fingerprint density at radius 2 is 1.26 bits per heavy atom. The van der Waals surface area contributed by atoms with E-state index in [9.17, 15) is 0 Å². The first-order chi connectivity index (χ1) is 28.3. The summed E-state index contributed by atoms with van der Waals surface area (Å²) in [6, 6.07) is 46.0. The van der Waals surface area contributed by atoms with E-state index < -0.39 is 0 Å². The molecule has 0 unspecified atom stereocenters. The number of nitrogens with zero attached hydrogens (tertiary/aromatic N) is 1. The van der Waals surface area contributed by atoms with Crippen molar-refractivity contribution >= 4 is 23.2 Å². The number of rotatable bonds is 8. The summed E-state index contributed by atoms with van der Waals surface area (Å²) in [5, 5.41) is 1.36. The molecule has 1 heteroatoms. The molecule has 0 bridgehead atoms. The molecule has 9 rings (SSSR count). The fraction of sp³-hybridized carbons (Fsp3) is 0.193. The van der Waals surface area contributed by atoms with Crippen molar-refractivity contribution in [2.75, 3.05) is 0 Å². The number of hydrogen-bond acceptors (Lipinski definition) is 0. The highest BCUT2D eigenvalue weighted by Gasteiger charge is 2.35. The van der Waals surface area contributed by atoms with Crippen molar-refractivity contribution in [3.05, 3.63) is 192 Å². The fourth-order valence-corrected chi connectivity index (χ4v) is 9.38. The lowest BCUT2D eigenvalue weighted by Gasteiger charge is -2.23. The molecular formula is C57H55N. The summed E-state index contributed by atoms with van der Waals surface area (Å²) >= 11 is 0. The van der Waals surface area contributed by atoms with Gasteiger partial charge in [0, 0.05) is 22.7 Å². The molecule has 6 aromatic carbocycles. The molecule has 0 saturated carbocycles. The average molecular weight is 754 g/mol. The molecule has 58 heavy (non-hydrogen) atoms. The number of aromatic nitrogens is 1. The molecule has 0 amide bonds. The van der Waals surface area contributed by atoms with Crippen molar-refractivity contribution in [2.24, 2.45) is 0 Å². The molecule has 0 radical (unpaired) electrons. The maximum Gasteiger partial charge on any atom is 0.0537 e. The van der Waals surface area contributed by atoms with Gasteiger partial charge < -0.3 is 4.57 Å². The van der Waals surface area contributed by atoms with Crippen molar-refractivity contribution in [2.45, 2.75) is 72.6 Å². The van der Waals surface area contributed by atoms with Gasteiger partial charge in [0.15, 0.2) is 0 Å². The predicted molar refractivity (Wildman–Crippen MR) is 253 cm³/mol. The summed E-state index contributed by atoms with van der Waals surface area (Å²) in [5.41, 5.74) is 22.1. The molecule has 0 spiro atoms. The third-order valence-electron chi connectivity index (χ3n) is 12.3. The minimum absolute atomic E-state index is 0.0631. The first-order valence-corrected chi connectivity index (χ1v) is 21.1. The zero-order valence-electron chi connectivity index (χ0n) is 35.2. The van der Waals surface area contributed by atoms with Crippen LogP contribution in [0.1, 0.15) is 87.4 Å². The molecule has 0 atom stereocenters. The highest BCUT2D eigenvalue weighted by molar-refractivity contribution is 5.98. The Balaban J connectivity index is 0.00000231. The van der Waals surface area contributed by atoms with E-state index in [2.05, 4.69) is 198 Å². The van der Waals surface area contributed by atoms with Gasteiger partial charge in [0.2, 0.25) is 0 Å². The molecule has 1 nitrogen and oxygen atoms in total. The number of aryl methyl sites for hydroxylation is 2. The fourth-order valence-electron chi connectivity index (χ4n) is 9.38. The van der Waals surface area contributed by atoms with Crippen LogP contribution in [-0.2, 0) is 11.8 Å². The first-order valence-electron chi connectivity index (χ1n) is 21.1. The maximum atomic E-state index is 3.85. The molecule has 7 aromatic rings. The van der Waals surface area contributed by atoms with Crippen molar-refractivity contribution in [3.8, 4) is 55.6 Å². The quantitative estimate of drug-likeness (QED) is 0.136. The highest BCUT2D eigenvalue weighted by Crippen LogP contribution is 2.51. The first kappa shape index (κ1) is 38.7. The van der Waals surface area contributed by atoms with E-state index in [1.807, 2.05) is 26.0 Å². The van der Waals surface area contributed by atoms with Crippen LogP contribution in [0.3, 0.4) is 0 Å². The van der Waals surface area contributed by atoms with Crippen molar-refractivity contribution in [1.82, 2.24) is 4.57 Å². The number of fused-ring (bicyclic) bond motifs is 6. The number of hydrogen-bond donors (Lipinski definition) is 0. The van der Waals surface area contributed by atoms with Gasteiger partial charge in [0.05, 0.1) is 5.52 Å². The molecule has 2 aliphatic rings. The smallest absolute Gasteiger partial charge is 0.0537 e. The number of benzene rings is 6. The van der Waals surface area contributed by atoms with Crippen LogP contribution in [0, 0.1) is 6.92 Å². The highest BCUT2D eigenvalue weighted by atomic mass is 15.0. The zero-order valence-corrected chi connectivity index (χ0v) is 35.2. The second-order valence-corrected chi connectivity index (χ2v) is 16.3. The van der Waals surface area contributed by atoms with Crippen LogP contribution in [-0.4, -0.2) is 4.57 Å². The van der Waals surface area contributed by atoms with Gasteiger partial charge in [-0.25, -0.2) is 0 Å². The van der Waals surface area contributed by atoms with E-state index in [1.54, 1.807) is 0 Å². The van der Waals surface area contributed by atoms with E-state index in [0.29, 0.717) is 5.92 Å². The summed E-state index contributed by atoms with van der Waals surface area (Å²) in [5.74, 6) is 0.353. The summed E-state index contributed by atoms with van der Waals surface area (Å²) in [4.78, 5) is 0. The molecule has 0 saturated heterocycles. The predicted octanol–water partition coefficient (Wildman–Crippen LogP) is 16.2. The van der Waals surface area contributed by atoms with E-state index >= 15 is 0 Å². The van der Waals surface area contributed by atoms with Crippen LogP contribution < -0.4 is 0 Å². The van der Waals surface area contributed by atoms with Crippen molar-refractivity contribution in [1.29, 1.82) is 0 Å². The lowest BCUT2D eigenvalue weighted by molar-refractivity contribution is 0.660. The van der Waals surface area contributed by atoms with E-state index in [4.69, 9.17) is 0 Å². The SMILES string of the molecule is C=C/C=C\C=C/n1c2c(c3cc(C(C)C)c(-c4ccccc4-c4ccc(-c5ccc6c(c5)C(C)(C)c5ccccc5-6)c(-c5ccccc5C)c4)cc31)CCC=C2.CC. The molecule has 0 fully saturated rings. The minimum Gasteiger partial charge on any atom is -0.316 e. The lowest BCUT2D eigenvalue weighted by Crippen LogP contribution is -2.14. The molecular weight excluding hydrogens is 699 g/mol. The van der Waals surface area contributed by atoms with Gasteiger partial charge in [-0.15, -0.1) is 0 Å². The third kappa shape index (κ3) is 6.63. The third-order valence-corrected chi connectivity index (χ3v) is 12.3. The van der Waals surface area contributed by atoms with Gasteiger partial charge in [0.1, 0.15) is 0 Å². The van der Waals surface area contributed by atoms with E-state index in [-0.39, 0.29) is 5.41 Å². The van der Waals surface area contributed by atoms with Crippen LogP contribution in [0.25, 0.3) is 78.8 Å². The standard InChI is InChI=1S/C55H49N.C2H6/c1-7-8-9-18-31-56-53-26-17-15-24-46(53)50-34-47(36(2)3)49(35-54(50)56)43-22-13-12-21-41(43)38-27-29-42(48(32-38)40-20-11-10-19-37(40)4)39-28-30-45-44-23-14-16-25-51(44)55(5,6)52(45)33-39;1-2/h7-14,16-23,25-36H,1,15,24H2,2-6H3;1-2H3/b9-8-,31-18-;. The Morgan fingerprint density at radius 1 is 0.621 bits per heavy atom. The van der Waals surface area contributed by atoms with Crippen LogP contribution in [0.5, 0.6) is 0 Å². The summed E-state index contributed by atoms with van der Waals surface area (Å²) in [6.45, 7) is 19.5. The van der Waals surface area contributed by atoms with Gasteiger partial charge in [-0.1, -0.05) is 169 Å². The maximum absolute atomic E-state index is 3.85. The van der Waals surface area contributed by atoms with Crippen LogP contribution in [0.2, 0.25) is 0 Å². The average Bonchev–Trinajstić information content (AvgIpc) is 3.69. The molecule has 288 valence electrons. The van der Waals surface area contributed by atoms with Crippen molar-refractivity contribution in [3.63, 3.8) is 0 Å². The molecule has 1 aromatic heterocycles.